The Kier molecular flexibility index (Phi) is 7.03. The summed E-state index contributed by atoms with van der Waals surface area (Å²) in [5, 5.41) is 0. The number of esters is 2. The molecular formula is C20H24O8. The van der Waals surface area contributed by atoms with E-state index in [-0.39, 0.29) is 13.2 Å². The lowest BCUT2D eigenvalue weighted by atomic mass is 9.84. The Bertz CT molecular complexity index is 732. The van der Waals surface area contributed by atoms with Crippen LogP contribution in [0.25, 0.3) is 0 Å². The number of methoxy groups -OCH3 is 1. The van der Waals surface area contributed by atoms with Crippen LogP contribution in [0.2, 0.25) is 0 Å². The highest BCUT2D eigenvalue weighted by Crippen LogP contribution is 2.38. The number of carbonyl (C=O) groups excluding carboxylic acids is 3. The van der Waals surface area contributed by atoms with Crippen molar-refractivity contribution in [2.24, 2.45) is 5.92 Å². The Labute approximate surface area is 163 Å². The predicted molar refractivity (Wildman–Crippen MR) is 97.6 cm³/mol. The summed E-state index contributed by atoms with van der Waals surface area (Å²) >= 11 is 0. The zero-order valence-electron chi connectivity index (χ0n) is 16.3. The Morgan fingerprint density at radius 3 is 2.43 bits per heavy atom. The van der Waals surface area contributed by atoms with E-state index in [1.54, 1.807) is 37.3 Å². The monoisotopic (exact) mass is 392 g/mol. The number of para-hydroxylation sites is 1. The van der Waals surface area contributed by atoms with Crippen molar-refractivity contribution in [3.05, 3.63) is 42.0 Å². The Morgan fingerprint density at radius 2 is 1.82 bits per heavy atom. The molecule has 8 heteroatoms. The molecule has 8 nitrogen and oxygen atoms in total. The van der Waals surface area contributed by atoms with Crippen LogP contribution in [0, 0.1) is 5.92 Å². The van der Waals surface area contributed by atoms with Crippen LogP contribution >= 0.6 is 0 Å². The fraction of sp³-hybridized carbons (Fsp3) is 0.450. The lowest BCUT2D eigenvalue weighted by Gasteiger charge is -2.35. The fourth-order valence-electron chi connectivity index (χ4n) is 2.84. The van der Waals surface area contributed by atoms with Crippen LogP contribution in [0.3, 0.4) is 0 Å². The van der Waals surface area contributed by atoms with Gasteiger partial charge in [-0.25, -0.2) is 4.79 Å². The minimum atomic E-state index is -1.33. The van der Waals surface area contributed by atoms with Gasteiger partial charge in [0.15, 0.2) is 5.92 Å². The number of cyclic esters (lactones) is 2. The van der Waals surface area contributed by atoms with Gasteiger partial charge in [-0.2, -0.15) is 0 Å². The number of rotatable bonds is 7. The normalized spacial score (nSPS) is 17.6. The summed E-state index contributed by atoms with van der Waals surface area (Å²) in [4.78, 5) is 36.4. The van der Waals surface area contributed by atoms with Gasteiger partial charge in [0.25, 0.3) is 5.79 Å². The maximum atomic E-state index is 12.6. The second-order valence-electron chi connectivity index (χ2n) is 6.41. The minimum Gasteiger partial charge on any atom is -0.496 e. The molecule has 1 saturated heterocycles. The summed E-state index contributed by atoms with van der Waals surface area (Å²) in [6.45, 7) is 4.74. The van der Waals surface area contributed by atoms with E-state index < -0.39 is 35.7 Å². The van der Waals surface area contributed by atoms with Crippen molar-refractivity contribution in [3.63, 3.8) is 0 Å². The average molecular weight is 392 g/mol. The van der Waals surface area contributed by atoms with Gasteiger partial charge in [-0.3, -0.25) is 9.59 Å². The lowest BCUT2D eigenvalue weighted by molar-refractivity contribution is -0.240. The van der Waals surface area contributed by atoms with Crippen molar-refractivity contribution < 1.29 is 38.1 Å². The lowest BCUT2D eigenvalue weighted by Crippen LogP contribution is -2.48. The highest BCUT2D eigenvalue weighted by atomic mass is 16.7. The fourth-order valence-corrected chi connectivity index (χ4v) is 2.84. The number of hydrogen-bond donors (Lipinski definition) is 0. The first-order valence-electron chi connectivity index (χ1n) is 8.84. The van der Waals surface area contributed by atoms with Gasteiger partial charge < -0.3 is 23.7 Å². The highest BCUT2D eigenvalue weighted by Gasteiger charge is 2.47. The van der Waals surface area contributed by atoms with E-state index in [1.807, 2.05) is 0 Å². The zero-order valence-corrected chi connectivity index (χ0v) is 16.3. The molecule has 0 amide bonds. The summed E-state index contributed by atoms with van der Waals surface area (Å²) in [6, 6.07) is 6.99. The van der Waals surface area contributed by atoms with E-state index in [2.05, 4.69) is 4.74 Å². The van der Waals surface area contributed by atoms with Gasteiger partial charge in [-0.15, -0.1) is 0 Å². The van der Waals surface area contributed by atoms with Crippen LogP contribution < -0.4 is 4.74 Å². The van der Waals surface area contributed by atoms with Crippen molar-refractivity contribution in [3.8, 4) is 5.75 Å². The van der Waals surface area contributed by atoms with Gasteiger partial charge in [0.05, 0.1) is 13.7 Å². The number of hydrogen-bond acceptors (Lipinski definition) is 8. The molecule has 0 radical (unpaired) electrons. The molecule has 152 valence electrons. The molecule has 1 aliphatic rings. The predicted octanol–water partition coefficient (Wildman–Crippen LogP) is 2.96. The summed E-state index contributed by atoms with van der Waals surface area (Å²) in [7, 11) is 1.49. The van der Waals surface area contributed by atoms with E-state index >= 15 is 0 Å². The minimum absolute atomic E-state index is 0.0905. The number of carbonyl (C=O) groups is 3. The summed E-state index contributed by atoms with van der Waals surface area (Å²) in [5.41, 5.74) is 0.594. The Balaban J connectivity index is 2.30. The number of ether oxygens (including phenoxy) is 5. The second-order valence-corrected chi connectivity index (χ2v) is 6.41. The van der Waals surface area contributed by atoms with E-state index in [9.17, 15) is 14.4 Å². The molecule has 0 bridgehead atoms. The first kappa shape index (κ1) is 21.3. The maximum Gasteiger partial charge on any atom is 0.508 e. The summed E-state index contributed by atoms with van der Waals surface area (Å²) in [5.74, 6) is -4.19. The average Bonchev–Trinajstić information content (AvgIpc) is 2.62. The molecule has 0 saturated carbocycles. The molecule has 0 spiro atoms. The molecule has 1 heterocycles. The van der Waals surface area contributed by atoms with Crippen LogP contribution in [0.4, 0.5) is 4.79 Å². The SMILES string of the molecule is CCOC(=O)OC/C=C/[C@@H](c1ccccc1OC)C1C(=O)OC(C)(C)OC1=O. The third-order valence-electron chi connectivity index (χ3n) is 3.96. The van der Waals surface area contributed by atoms with Crippen molar-refractivity contribution in [2.75, 3.05) is 20.3 Å². The maximum absolute atomic E-state index is 12.6. The molecule has 1 aromatic rings. The van der Waals surface area contributed by atoms with Crippen molar-refractivity contribution in [2.45, 2.75) is 32.5 Å². The molecule has 2 rings (SSSR count). The molecule has 0 N–H and O–H groups in total. The molecule has 1 atom stereocenters. The van der Waals surface area contributed by atoms with E-state index in [1.165, 1.54) is 27.0 Å². The molecule has 0 aliphatic carbocycles. The van der Waals surface area contributed by atoms with Crippen LogP contribution in [-0.2, 0) is 28.5 Å². The van der Waals surface area contributed by atoms with Crippen LogP contribution in [0.5, 0.6) is 5.75 Å². The van der Waals surface area contributed by atoms with E-state index in [0.717, 1.165) is 0 Å². The molecule has 1 fully saturated rings. The van der Waals surface area contributed by atoms with Gasteiger partial charge in [0.2, 0.25) is 0 Å². The number of benzene rings is 1. The topological polar surface area (TPSA) is 97.4 Å². The molecule has 0 aromatic heterocycles. The second kappa shape index (κ2) is 9.25. The summed E-state index contributed by atoms with van der Waals surface area (Å²) < 4.78 is 25.4. The van der Waals surface area contributed by atoms with Crippen LogP contribution in [0.15, 0.2) is 36.4 Å². The largest absolute Gasteiger partial charge is 0.508 e. The molecule has 1 aliphatic heterocycles. The number of allylic oxidation sites excluding steroid dienone is 1. The Hall–Kier alpha value is -3.03. The first-order chi connectivity index (χ1) is 13.3. The Morgan fingerprint density at radius 1 is 1.18 bits per heavy atom. The molecular weight excluding hydrogens is 368 g/mol. The first-order valence-corrected chi connectivity index (χ1v) is 8.84. The molecule has 1 aromatic carbocycles. The smallest absolute Gasteiger partial charge is 0.496 e. The third kappa shape index (κ3) is 5.25. The van der Waals surface area contributed by atoms with Crippen molar-refractivity contribution >= 4 is 18.1 Å². The standard InChI is InChI=1S/C20H24O8/c1-5-25-19(23)26-12-8-10-14(13-9-6-7-11-15(13)24-4)16-17(21)27-20(2,3)28-18(16)22/h6-11,14,16H,5,12H2,1-4H3/b10-8+/t14-/m0/s1. The van der Waals surface area contributed by atoms with Gasteiger partial charge in [0.1, 0.15) is 12.4 Å². The van der Waals surface area contributed by atoms with E-state index in [4.69, 9.17) is 18.9 Å². The van der Waals surface area contributed by atoms with Crippen LogP contribution in [0.1, 0.15) is 32.3 Å². The van der Waals surface area contributed by atoms with Crippen molar-refractivity contribution in [1.29, 1.82) is 0 Å². The van der Waals surface area contributed by atoms with Gasteiger partial charge in [-0.05, 0) is 13.0 Å². The van der Waals surface area contributed by atoms with Gasteiger partial charge in [-0.1, -0.05) is 30.4 Å². The van der Waals surface area contributed by atoms with Crippen molar-refractivity contribution in [1.82, 2.24) is 0 Å². The summed E-state index contributed by atoms with van der Waals surface area (Å²) in [6.07, 6.45) is 2.30. The quantitative estimate of drug-likeness (QED) is 0.397. The van der Waals surface area contributed by atoms with E-state index in [0.29, 0.717) is 11.3 Å². The highest BCUT2D eigenvalue weighted by molar-refractivity contribution is 5.98. The van der Waals surface area contributed by atoms with Crippen LogP contribution in [-0.4, -0.2) is 44.2 Å². The van der Waals surface area contributed by atoms with Gasteiger partial charge >= 0.3 is 18.1 Å². The van der Waals surface area contributed by atoms with Gasteiger partial charge in [0, 0.05) is 25.3 Å². The molecule has 0 unspecified atom stereocenters. The zero-order chi connectivity index (χ0) is 20.7. The third-order valence-corrected chi connectivity index (χ3v) is 3.96. The molecule has 28 heavy (non-hydrogen) atoms.